The van der Waals surface area contributed by atoms with Crippen LogP contribution in [-0.4, -0.2) is 33.3 Å². The molecule has 2 aromatic carbocycles. The van der Waals surface area contributed by atoms with Crippen molar-refractivity contribution in [3.05, 3.63) is 60.4 Å². The van der Waals surface area contributed by atoms with Crippen LogP contribution in [0.3, 0.4) is 0 Å². The zero-order chi connectivity index (χ0) is 16.2. The summed E-state index contributed by atoms with van der Waals surface area (Å²) in [5, 5.41) is 21.1. The topological polar surface area (TPSA) is 87.4 Å². The molecule has 0 unspecified atom stereocenters. The third-order valence-electron chi connectivity index (χ3n) is 3.47. The van der Waals surface area contributed by atoms with E-state index in [1.165, 1.54) is 12.1 Å². The lowest BCUT2D eigenvalue weighted by molar-refractivity contribution is -0.255. The van der Waals surface area contributed by atoms with Crippen LogP contribution in [-0.2, 0) is 6.54 Å². The fourth-order valence-corrected chi connectivity index (χ4v) is 2.38. The number of aromatic nitrogens is 2. The Hall–Kier alpha value is -2.86. The van der Waals surface area contributed by atoms with Crippen molar-refractivity contribution in [2.24, 2.45) is 0 Å². The van der Waals surface area contributed by atoms with Gasteiger partial charge in [-0.2, -0.15) is 0 Å². The van der Waals surface area contributed by atoms with Crippen molar-refractivity contribution in [1.82, 2.24) is 9.55 Å². The van der Waals surface area contributed by atoms with Crippen molar-refractivity contribution in [3.8, 4) is 5.75 Å². The maximum absolute atomic E-state index is 11.0. The van der Waals surface area contributed by atoms with Crippen LogP contribution in [0.4, 0.5) is 0 Å². The van der Waals surface area contributed by atoms with Crippen molar-refractivity contribution >= 4 is 17.0 Å². The van der Waals surface area contributed by atoms with Crippen molar-refractivity contribution < 1.29 is 19.7 Å². The van der Waals surface area contributed by atoms with Crippen LogP contribution >= 0.6 is 0 Å². The minimum absolute atomic E-state index is 0.0310. The van der Waals surface area contributed by atoms with E-state index in [1.54, 1.807) is 18.5 Å². The summed E-state index contributed by atoms with van der Waals surface area (Å²) in [6.07, 6.45) is 0.852. The molecule has 1 N–H and O–H groups in total. The summed E-state index contributed by atoms with van der Waals surface area (Å²) in [7, 11) is 0. The van der Waals surface area contributed by atoms with Gasteiger partial charge in [0.1, 0.15) is 18.5 Å². The van der Waals surface area contributed by atoms with Crippen LogP contribution in [0.25, 0.3) is 11.0 Å². The number of aliphatic hydroxyl groups is 1. The summed E-state index contributed by atoms with van der Waals surface area (Å²) >= 11 is 0. The van der Waals surface area contributed by atoms with E-state index in [1.807, 2.05) is 28.8 Å². The third-order valence-corrected chi connectivity index (χ3v) is 3.47. The van der Waals surface area contributed by atoms with Crippen LogP contribution in [0.5, 0.6) is 5.75 Å². The number of benzene rings is 2. The number of hydrogen-bond acceptors (Lipinski definition) is 5. The number of nitrogens with zero attached hydrogens (tertiary/aromatic N) is 2. The monoisotopic (exact) mass is 311 g/mol. The Labute approximate surface area is 132 Å². The predicted octanol–water partition coefficient (Wildman–Crippen LogP) is 0.840. The summed E-state index contributed by atoms with van der Waals surface area (Å²) in [5.41, 5.74) is 1.73. The minimum Gasteiger partial charge on any atom is -0.545 e. The van der Waals surface area contributed by atoms with Crippen LogP contribution in [0.1, 0.15) is 10.4 Å². The van der Waals surface area contributed by atoms with E-state index in [0.29, 0.717) is 6.54 Å². The van der Waals surface area contributed by atoms with Crippen molar-refractivity contribution in [2.45, 2.75) is 12.6 Å². The molecule has 0 saturated heterocycles. The van der Waals surface area contributed by atoms with Gasteiger partial charge in [0.25, 0.3) is 0 Å². The molecule has 0 saturated carbocycles. The molecule has 0 spiro atoms. The van der Waals surface area contributed by atoms with Crippen molar-refractivity contribution in [2.75, 3.05) is 6.61 Å². The molecule has 0 fully saturated rings. The Morgan fingerprint density at radius 1 is 1.22 bits per heavy atom. The first-order valence-electron chi connectivity index (χ1n) is 7.16. The van der Waals surface area contributed by atoms with Crippen LogP contribution in [0.2, 0.25) is 0 Å². The second-order valence-corrected chi connectivity index (χ2v) is 5.13. The summed E-state index contributed by atoms with van der Waals surface area (Å²) in [6, 6.07) is 13.8. The summed E-state index contributed by atoms with van der Waals surface area (Å²) in [5.74, 6) is -1.13. The number of para-hydroxylation sites is 3. The zero-order valence-corrected chi connectivity index (χ0v) is 12.3. The lowest BCUT2D eigenvalue weighted by Crippen LogP contribution is -2.26. The lowest BCUT2D eigenvalue weighted by Gasteiger charge is -2.16. The molecule has 0 bridgehead atoms. The number of carboxylic acids is 1. The van der Waals surface area contributed by atoms with E-state index in [2.05, 4.69) is 4.98 Å². The highest BCUT2D eigenvalue weighted by atomic mass is 16.5. The molecule has 6 nitrogen and oxygen atoms in total. The van der Waals surface area contributed by atoms with Gasteiger partial charge in [0, 0.05) is 5.56 Å². The minimum atomic E-state index is -1.31. The molecular weight excluding hydrogens is 296 g/mol. The van der Waals surface area contributed by atoms with Gasteiger partial charge in [-0.25, -0.2) is 4.98 Å². The van der Waals surface area contributed by atoms with Crippen LogP contribution in [0.15, 0.2) is 54.9 Å². The Morgan fingerprint density at radius 3 is 2.78 bits per heavy atom. The molecule has 23 heavy (non-hydrogen) atoms. The molecule has 1 heterocycles. The molecule has 0 amide bonds. The summed E-state index contributed by atoms with van der Waals surface area (Å²) < 4.78 is 7.24. The molecule has 0 aliphatic carbocycles. The van der Waals surface area contributed by atoms with E-state index in [4.69, 9.17) is 4.74 Å². The fourth-order valence-electron chi connectivity index (χ4n) is 2.38. The molecule has 6 heteroatoms. The van der Waals surface area contributed by atoms with Crippen molar-refractivity contribution in [1.29, 1.82) is 0 Å². The number of carbonyl (C=O) groups is 1. The van der Waals surface area contributed by atoms with E-state index in [0.717, 1.165) is 11.0 Å². The maximum Gasteiger partial charge on any atom is 0.128 e. The van der Waals surface area contributed by atoms with Crippen molar-refractivity contribution in [3.63, 3.8) is 0 Å². The molecule has 3 aromatic rings. The third kappa shape index (κ3) is 3.32. The number of fused-ring (bicyclic) bond motifs is 1. The predicted molar refractivity (Wildman–Crippen MR) is 82.0 cm³/mol. The number of aromatic carboxylic acids is 1. The molecule has 3 rings (SSSR count). The highest BCUT2D eigenvalue weighted by Gasteiger charge is 2.11. The number of rotatable bonds is 6. The Kier molecular flexibility index (Phi) is 4.25. The molecule has 1 atom stereocenters. The van der Waals surface area contributed by atoms with Crippen LogP contribution < -0.4 is 9.84 Å². The highest BCUT2D eigenvalue weighted by Crippen LogP contribution is 2.18. The first-order chi connectivity index (χ1) is 11.1. The van der Waals surface area contributed by atoms with Crippen LogP contribution in [0, 0.1) is 0 Å². The number of hydrogen-bond donors (Lipinski definition) is 1. The van der Waals surface area contributed by atoms with E-state index < -0.39 is 12.1 Å². The average Bonchev–Trinajstić information content (AvgIpc) is 2.96. The van der Waals surface area contributed by atoms with E-state index >= 15 is 0 Å². The van der Waals surface area contributed by atoms with E-state index in [9.17, 15) is 15.0 Å². The van der Waals surface area contributed by atoms with E-state index in [-0.39, 0.29) is 17.9 Å². The van der Waals surface area contributed by atoms with Gasteiger partial charge in [0.15, 0.2) is 0 Å². The van der Waals surface area contributed by atoms with Gasteiger partial charge in [-0.3, -0.25) is 0 Å². The quantitative estimate of drug-likeness (QED) is 0.729. The Balaban J connectivity index is 1.66. The average molecular weight is 311 g/mol. The summed E-state index contributed by atoms with van der Waals surface area (Å²) in [6.45, 7) is 0.269. The molecule has 0 aliphatic rings. The second-order valence-electron chi connectivity index (χ2n) is 5.13. The van der Waals surface area contributed by atoms with Gasteiger partial charge in [0.2, 0.25) is 0 Å². The first kappa shape index (κ1) is 15.1. The molecule has 0 radical (unpaired) electrons. The highest BCUT2D eigenvalue weighted by molar-refractivity contribution is 5.89. The van der Waals surface area contributed by atoms with Gasteiger partial charge in [0.05, 0.1) is 29.9 Å². The maximum atomic E-state index is 11.0. The first-order valence-corrected chi connectivity index (χ1v) is 7.16. The van der Waals surface area contributed by atoms with Gasteiger partial charge >= 0.3 is 0 Å². The lowest BCUT2D eigenvalue weighted by atomic mass is 10.2. The Morgan fingerprint density at radius 2 is 1.96 bits per heavy atom. The number of imidazole rings is 1. The second kappa shape index (κ2) is 6.50. The number of carboxylic acid groups (broad SMARTS) is 1. The number of ether oxygens (including phenoxy) is 1. The van der Waals surface area contributed by atoms with Gasteiger partial charge in [-0.1, -0.05) is 24.3 Å². The Bertz CT molecular complexity index is 828. The van der Waals surface area contributed by atoms with Gasteiger partial charge < -0.3 is 24.3 Å². The summed E-state index contributed by atoms with van der Waals surface area (Å²) in [4.78, 5) is 15.3. The zero-order valence-electron chi connectivity index (χ0n) is 12.3. The molecular formula is C17H15N2O4-. The molecule has 0 aliphatic heterocycles. The smallest absolute Gasteiger partial charge is 0.128 e. The number of aliphatic hydroxyl groups excluding tert-OH is 1. The molecule has 118 valence electrons. The number of carbonyl (C=O) groups excluding carboxylic acids is 1. The molecule has 1 aromatic heterocycles. The fraction of sp³-hybridized carbons (Fsp3) is 0.176. The normalized spacial score (nSPS) is 12.2. The van der Waals surface area contributed by atoms with Gasteiger partial charge in [-0.15, -0.1) is 0 Å². The van der Waals surface area contributed by atoms with Gasteiger partial charge in [-0.05, 0) is 24.3 Å². The largest absolute Gasteiger partial charge is 0.545 e. The SMILES string of the molecule is O=C([O-])c1ccccc1OC[C@H](O)Cn1cnc2ccccc21. The standard InChI is InChI=1S/C17H16N2O4/c20-12(9-19-11-18-14-6-2-3-7-15(14)19)10-23-16-8-4-1-5-13(16)17(21)22/h1-8,11-12,20H,9-10H2,(H,21,22)/p-1/t12-/m1/s1.